The normalized spacial score (nSPS) is 31.6. The molecule has 3 atom stereocenters. The smallest absolute Gasteiger partial charge is 0.191 e. The Hall–Kier alpha value is -0.850. The molecule has 6 heteroatoms. The number of nitrogens with one attached hydrogen (secondary N) is 2. The van der Waals surface area contributed by atoms with Crippen LogP contribution in [0.15, 0.2) is 4.99 Å². The summed E-state index contributed by atoms with van der Waals surface area (Å²) in [7, 11) is 0. The fourth-order valence-corrected chi connectivity index (χ4v) is 4.97. The molecule has 0 radical (unpaired) electrons. The largest absolute Gasteiger partial charge is 0.377 e. The van der Waals surface area contributed by atoms with Gasteiger partial charge in [-0.25, -0.2) is 0 Å². The lowest BCUT2D eigenvalue weighted by Crippen LogP contribution is -2.68. The van der Waals surface area contributed by atoms with Crippen LogP contribution in [0.2, 0.25) is 0 Å². The molecule has 0 aromatic rings. The molecule has 0 aromatic carbocycles. The lowest BCUT2D eigenvalue weighted by atomic mass is 9.57. The highest BCUT2D eigenvalue weighted by Gasteiger charge is 2.59. The van der Waals surface area contributed by atoms with Crippen molar-refractivity contribution in [2.75, 3.05) is 39.4 Å². The molecule has 0 spiro atoms. The molecular formula is C21H40N4O2. The second-order valence-corrected chi connectivity index (χ2v) is 9.19. The summed E-state index contributed by atoms with van der Waals surface area (Å²) in [5, 5.41) is 7.46. The van der Waals surface area contributed by atoms with Crippen molar-refractivity contribution in [1.82, 2.24) is 15.5 Å². The molecule has 2 saturated heterocycles. The van der Waals surface area contributed by atoms with Crippen LogP contribution in [0.5, 0.6) is 0 Å². The SMILES string of the molecule is CCN=C(NC1CCN(CCOC(C)C)CC1)NC1C2CCOC2C1(C)C. The molecule has 2 aliphatic heterocycles. The van der Waals surface area contributed by atoms with Gasteiger partial charge < -0.3 is 25.0 Å². The highest BCUT2D eigenvalue weighted by atomic mass is 16.5. The van der Waals surface area contributed by atoms with Crippen molar-refractivity contribution in [2.24, 2.45) is 16.3 Å². The Morgan fingerprint density at radius 1 is 1.22 bits per heavy atom. The molecule has 3 fully saturated rings. The first-order chi connectivity index (χ1) is 12.9. The van der Waals surface area contributed by atoms with Crippen molar-refractivity contribution < 1.29 is 9.47 Å². The quantitative estimate of drug-likeness (QED) is 0.524. The minimum atomic E-state index is 0.178. The Morgan fingerprint density at radius 3 is 2.63 bits per heavy atom. The number of nitrogens with zero attached hydrogens (tertiary/aromatic N) is 2. The van der Waals surface area contributed by atoms with Crippen molar-refractivity contribution in [3.05, 3.63) is 0 Å². The van der Waals surface area contributed by atoms with Crippen LogP contribution in [-0.2, 0) is 9.47 Å². The monoisotopic (exact) mass is 380 g/mol. The summed E-state index contributed by atoms with van der Waals surface area (Å²) in [5.41, 5.74) is 0.178. The van der Waals surface area contributed by atoms with Crippen LogP contribution in [0, 0.1) is 11.3 Å². The Labute approximate surface area is 165 Å². The maximum Gasteiger partial charge on any atom is 0.191 e. The predicted octanol–water partition coefficient (Wildman–Crippen LogP) is 2.24. The molecule has 2 N–H and O–H groups in total. The number of ether oxygens (including phenoxy) is 2. The van der Waals surface area contributed by atoms with Gasteiger partial charge in [0.25, 0.3) is 0 Å². The summed E-state index contributed by atoms with van der Waals surface area (Å²) in [6, 6.07) is 0.958. The van der Waals surface area contributed by atoms with Gasteiger partial charge in [-0.2, -0.15) is 0 Å². The van der Waals surface area contributed by atoms with Gasteiger partial charge in [-0.3, -0.25) is 4.99 Å². The first-order valence-corrected chi connectivity index (χ1v) is 10.9. The average molecular weight is 381 g/mol. The number of piperidine rings is 1. The van der Waals surface area contributed by atoms with Gasteiger partial charge in [0.1, 0.15) is 0 Å². The minimum Gasteiger partial charge on any atom is -0.377 e. The summed E-state index contributed by atoms with van der Waals surface area (Å²) in [5.74, 6) is 1.62. The molecule has 0 bridgehead atoms. The third-order valence-corrected chi connectivity index (χ3v) is 6.50. The zero-order chi connectivity index (χ0) is 19.4. The fourth-order valence-electron chi connectivity index (χ4n) is 4.97. The van der Waals surface area contributed by atoms with Gasteiger partial charge in [0.15, 0.2) is 5.96 Å². The van der Waals surface area contributed by atoms with Crippen molar-refractivity contribution in [1.29, 1.82) is 0 Å². The summed E-state index contributed by atoms with van der Waals surface area (Å²) in [6.07, 6.45) is 4.23. The first-order valence-electron chi connectivity index (χ1n) is 10.9. The van der Waals surface area contributed by atoms with Crippen molar-refractivity contribution in [3.8, 4) is 0 Å². The standard InChI is InChI=1S/C21H40N4O2/c1-6-22-20(24-18-17-9-13-27-19(17)21(18,4)5)23-16-7-10-25(11-8-16)12-14-26-15(2)3/h15-19H,6-14H2,1-5H3,(H2,22,23,24). The van der Waals surface area contributed by atoms with Crippen LogP contribution in [0.4, 0.5) is 0 Å². The maximum absolute atomic E-state index is 5.93. The summed E-state index contributed by atoms with van der Waals surface area (Å²) in [6.45, 7) is 16.8. The Balaban J connectivity index is 1.45. The highest BCUT2D eigenvalue weighted by Crippen LogP contribution is 2.52. The molecule has 0 amide bonds. The van der Waals surface area contributed by atoms with E-state index in [-0.39, 0.29) is 5.41 Å². The van der Waals surface area contributed by atoms with E-state index in [0.717, 1.165) is 58.2 Å². The van der Waals surface area contributed by atoms with Gasteiger partial charge in [-0.05, 0) is 40.0 Å². The topological polar surface area (TPSA) is 58.1 Å². The van der Waals surface area contributed by atoms with E-state index in [2.05, 4.69) is 50.2 Å². The number of likely N-dealkylation sites (tertiary alicyclic amines) is 1. The predicted molar refractivity (Wildman–Crippen MR) is 110 cm³/mol. The zero-order valence-corrected chi connectivity index (χ0v) is 18.0. The number of guanidine groups is 1. The molecule has 3 unspecified atom stereocenters. The summed E-state index contributed by atoms with van der Waals surface area (Å²) in [4.78, 5) is 7.24. The molecule has 6 nitrogen and oxygen atoms in total. The Morgan fingerprint density at radius 2 is 1.96 bits per heavy atom. The van der Waals surface area contributed by atoms with Gasteiger partial charge in [-0.15, -0.1) is 0 Å². The van der Waals surface area contributed by atoms with E-state index in [4.69, 9.17) is 14.5 Å². The molecule has 156 valence electrons. The van der Waals surface area contributed by atoms with Crippen LogP contribution in [0.3, 0.4) is 0 Å². The van der Waals surface area contributed by atoms with Gasteiger partial charge in [-0.1, -0.05) is 13.8 Å². The fraction of sp³-hybridized carbons (Fsp3) is 0.952. The molecule has 27 heavy (non-hydrogen) atoms. The van der Waals surface area contributed by atoms with Gasteiger partial charge in [0, 0.05) is 56.2 Å². The lowest BCUT2D eigenvalue weighted by Gasteiger charge is -2.55. The molecule has 0 aromatic heterocycles. The average Bonchev–Trinajstić information content (AvgIpc) is 3.08. The van der Waals surface area contributed by atoms with Crippen LogP contribution in [0.25, 0.3) is 0 Å². The van der Waals surface area contributed by atoms with E-state index in [1.807, 2.05) is 0 Å². The molecule has 1 saturated carbocycles. The minimum absolute atomic E-state index is 0.178. The Kier molecular flexibility index (Phi) is 7.03. The van der Waals surface area contributed by atoms with E-state index < -0.39 is 0 Å². The van der Waals surface area contributed by atoms with Gasteiger partial charge >= 0.3 is 0 Å². The molecule has 1 aliphatic carbocycles. The van der Waals surface area contributed by atoms with Crippen molar-refractivity contribution in [2.45, 2.75) is 78.2 Å². The van der Waals surface area contributed by atoms with E-state index in [1.165, 1.54) is 6.42 Å². The first kappa shape index (κ1) is 20.9. The molecule has 3 rings (SSSR count). The third-order valence-electron chi connectivity index (χ3n) is 6.50. The lowest BCUT2D eigenvalue weighted by molar-refractivity contribution is -0.106. The van der Waals surface area contributed by atoms with Crippen LogP contribution >= 0.6 is 0 Å². The van der Waals surface area contributed by atoms with E-state index in [9.17, 15) is 0 Å². The van der Waals surface area contributed by atoms with E-state index >= 15 is 0 Å². The van der Waals surface area contributed by atoms with Crippen LogP contribution in [-0.4, -0.2) is 74.5 Å². The highest BCUT2D eigenvalue weighted by molar-refractivity contribution is 5.80. The molecular weight excluding hydrogens is 340 g/mol. The van der Waals surface area contributed by atoms with Crippen LogP contribution < -0.4 is 10.6 Å². The number of hydrogen-bond donors (Lipinski definition) is 2. The Bertz CT molecular complexity index is 500. The summed E-state index contributed by atoms with van der Waals surface area (Å²) < 4.78 is 11.6. The second kappa shape index (κ2) is 9.10. The second-order valence-electron chi connectivity index (χ2n) is 9.19. The van der Waals surface area contributed by atoms with E-state index in [0.29, 0.717) is 30.2 Å². The number of fused-ring (bicyclic) bond motifs is 1. The third kappa shape index (κ3) is 4.96. The van der Waals surface area contributed by atoms with Gasteiger partial charge in [0.05, 0.1) is 18.8 Å². The number of rotatable bonds is 7. The number of aliphatic imine (C=N–C) groups is 1. The number of hydrogen-bond acceptors (Lipinski definition) is 4. The molecule has 2 heterocycles. The zero-order valence-electron chi connectivity index (χ0n) is 18.0. The van der Waals surface area contributed by atoms with Crippen molar-refractivity contribution in [3.63, 3.8) is 0 Å². The van der Waals surface area contributed by atoms with Gasteiger partial charge in [0.2, 0.25) is 0 Å². The van der Waals surface area contributed by atoms with Crippen LogP contribution in [0.1, 0.15) is 53.9 Å². The summed E-state index contributed by atoms with van der Waals surface area (Å²) >= 11 is 0. The van der Waals surface area contributed by atoms with Crippen molar-refractivity contribution >= 4 is 5.96 Å². The molecule has 3 aliphatic rings. The van der Waals surface area contributed by atoms with E-state index in [1.54, 1.807) is 0 Å². The maximum atomic E-state index is 5.93.